The summed E-state index contributed by atoms with van der Waals surface area (Å²) in [7, 11) is 2.64. The van der Waals surface area contributed by atoms with Gasteiger partial charge in [-0.25, -0.2) is 0 Å². The fraction of sp³-hybridized carbons (Fsp3) is 1.00. The standard InChI is InChI=1S/C11H25BrO3SSi/c1-13-17(14-2,15-3)10-5-4-7-11(16)8-6-9-12/h11,16H,4-10H2,1-3H3. The molecule has 17 heavy (non-hydrogen) atoms. The van der Waals surface area contributed by atoms with Gasteiger partial charge in [-0.15, -0.1) is 0 Å². The van der Waals surface area contributed by atoms with Gasteiger partial charge in [-0.2, -0.15) is 12.6 Å². The van der Waals surface area contributed by atoms with E-state index < -0.39 is 8.80 Å². The van der Waals surface area contributed by atoms with Crippen molar-refractivity contribution in [3.05, 3.63) is 0 Å². The van der Waals surface area contributed by atoms with Gasteiger partial charge in [0.2, 0.25) is 0 Å². The highest BCUT2D eigenvalue weighted by Gasteiger charge is 2.36. The van der Waals surface area contributed by atoms with Gasteiger partial charge in [0, 0.05) is 38.0 Å². The molecule has 0 rings (SSSR count). The van der Waals surface area contributed by atoms with E-state index in [9.17, 15) is 0 Å². The molecule has 3 nitrogen and oxygen atoms in total. The molecule has 104 valence electrons. The van der Waals surface area contributed by atoms with Crippen molar-refractivity contribution in [3.8, 4) is 0 Å². The van der Waals surface area contributed by atoms with E-state index in [1.807, 2.05) is 0 Å². The first-order chi connectivity index (χ1) is 8.14. The molecule has 0 aromatic heterocycles. The molecule has 0 heterocycles. The Morgan fingerprint density at radius 3 is 2.00 bits per heavy atom. The summed E-state index contributed by atoms with van der Waals surface area (Å²) in [6.07, 6.45) is 5.75. The predicted octanol–water partition coefficient (Wildman–Crippen LogP) is 3.51. The molecular formula is C11H25BrO3SSi. The van der Waals surface area contributed by atoms with Crippen LogP contribution in [0.25, 0.3) is 0 Å². The van der Waals surface area contributed by atoms with Crippen LogP contribution in [0.5, 0.6) is 0 Å². The predicted molar refractivity (Wildman–Crippen MR) is 81.2 cm³/mol. The number of hydrogen-bond acceptors (Lipinski definition) is 4. The molecule has 0 aliphatic heterocycles. The third-order valence-corrected chi connectivity index (χ3v) is 6.78. The average Bonchev–Trinajstić information content (AvgIpc) is 2.37. The molecule has 0 amide bonds. The van der Waals surface area contributed by atoms with E-state index in [2.05, 4.69) is 28.6 Å². The second-order valence-electron chi connectivity index (χ2n) is 4.03. The average molecular weight is 345 g/mol. The van der Waals surface area contributed by atoms with Crippen LogP contribution in [0.1, 0.15) is 32.1 Å². The Hall–Kier alpha value is 0.927. The van der Waals surface area contributed by atoms with Crippen molar-refractivity contribution in [2.24, 2.45) is 0 Å². The van der Waals surface area contributed by atoms with E-state index in [0.717, 1.165) is 30.6 Å². The summed E-state index contributed by atoms with van der Waals surface area (Å²) in [6, 6.07) is 0.884. The van der Waals surface area contributed by atoms with Crippen LogP contribution in [0.15, 0.2) is 0 Å². The maximum absolute atomic E-state index is 5.38. The van der Waals surface area contributed by atoms with Crippen LogP contribution in [0, 0.1) is 0 Å². The quantitative estimate of drug-likeness (QED) is 0.269. The summed E-state index contributed by atoms with van der Waals surface area (Å²) in [5.74, 6) is 0. The van der Waals surface area contributed by atoms with Crippen LogP contribution in [0.4, 0.5) is 0 Å². The lowest BCUT2D eigenvalue weighted by atomic mass is 10.1. The van der Waals surface area contributed by atoms with Gasteiger partial charge in [-0.05, 0) is 25.7 Å². The number of hydrogen-bond donors (Lipinski definition) is 1. The highest BCUT2D eigenvalue weighted by Crippen LogP contribution is 2.20. The molecule has 0 aromatic carbocycles. The summed E-state index contributed by atoms with van der Waals surface area (Å²) >= 11 is 8.01. The minimum absolute atomic E-state index is 0.510. The van der Waals surface area contributed by atoms with Crippen LogP contribution in [0.3, 0.4) is 0 Å². The maximum atomic E-state index is 5.38. The summed E-state index contributed by atoms with van der Waals surface area (Å²) in [5.41, 5.74) is 0. The number of unbranched alkanes of at least 4 members (excludes halogenated alkanes) is 1. The normalized spacial score (nSPS) is 13.9. The van der Waals surface area contributed by atoms with E-state index in [0.29, 0.717) is 5.25 Å². The zero-order valence-electron chi connectivity index (χ0n) is 11.1. The smallest absolute Gasteiger partial charge is 0.377 e. The largest absolute Gasteiger partial charge is 0.500 e. The van der Waals surface area contributed by atoms with Gasteiger partial charge >= 0.3 is 8.80 Å². The monoisotopic (exact) mass is 344 g/mol. The van der Waals surface area contributed by atoms with Crippen molar-refractivity contribution >= 4 is 37.4 Å². The van der Waals surface area contributed by atoms with Gasteiger partial charge in [-0.1, -0.05) is 22.4 Å². The van der Waals surface area contributed by atoms with Crippen LogP contribution in [-0.2, 0) is 13.3 Å². The number of thiol groups is 1. The van der Waals surface area contributed by atoms with Gasteiger partial charge in [0.15, 0.2) is 0 Å². The topological polar surface area (TPSA) is 27.7 Å². The van der Waals surface area contributed by atoms with E-state index in [1.165, 1.54) is 12.8 Å². The molecule has 0 aliphatic rings. The fourth-order valence-electron chi connectivity index (χ4n) is 1.73. The second-order valence-corrected chi connectivity index (χ2v) is 8.64. The van der Waals surface area contributed by atoms with Crippen molar-refractivity contribution in [1.82, 2.24) is 0 Å². The highest BCUT2D eigenvalue weighted by molar-refractivity contribution is 9.09. The molecule has 0 aromatic rings. The van der Waals surface area contributed by atoms with Crippen LogP contribution in [0.2, 0.25) is 6.04 Å². The van der Waals surface area contributed by atoms with Gasteiger partial charge in [0.25, 0.3) is 0 Å². The Morgan fingerprint density at radius 2 is 1.53 bits per heavy atom. The van der Waals surface area contributed by atoms with Gasteiger partial charge in [-0.3, -0.25) is 0 Å². The fourth-order valence-corrected chi connectivity index (χ4v) is 4.22. The first-order valence-corrected chi connectivity index (χ1v) is 9.60. The molecule has 0 spiro atoms. The lowest BCUT2D eigenvalue weighted by Crippen LogP contribution is -2.42. The van der Waals surface area contributed by atoms with Gasteiger partial charge in [0.1, 0.15) is 0 Å². The van der Waals surface area contributed by atoms with E-state index >= 15 is 0 Å². The molecule has 0 saturated carbocycles. The van der Waals surface area contributed by atoms with Crippen molar-refractivity contribution in [3.63, 3.8) is 0 Å². The Morgan fingerprint density at radius 1 is 1.00 bits per heavy atom. The Bertz CT molecular complexity index is 174. The lowest BCUT2D eigenvalue weighted by Gasteiger charge is -2.24. The van der Waals surface area contributed by atoms with Gasteiger partial charge < -0.3 is 13.3 Å². The third kappa shape index (κ3) is 7.84. The zero-order valence-corrected chi connectivity index (χ0v) is 14.6. The lowest BCUT2D eigenvalue weighted by molar-refractivity contribution is 0.122. The van der Waals surface area contributed by atoms with Crippen molar-refractivity contribution in [2.75, 3.05) is 26.7 Å². The molecule has 0 aliphatic carbocycles. The number of alkyl halides is 1. The minimum atomic E-state index is -2.35. The molecule has 0 saturated heterocycles. The third-order valence-electron chi connectivity index (χ3n) is 2.87. The van der Waals surface area contributed by atoms with E-state index in [-0.39, 0.29) is 0 Å². The molecule has 0 radical (unpaired) electrons. The van der Waals surface area contributed by atoms with Crippen molar-refractivity contribution in [1.29, 1.82) is 0 Å². The molecule has 0 bridgehead atoms. The molecule has 6 heteroatoms. The number of rotatable bonds is 11. The first kappa shape index (κ1) is 17.9. The molecule has 0 fully saturated rings. The molecule has 1 atom stereocenters. The zero-order chi connectivity index (χ0) is 13.1. The molecule has 1 unspecified atom stereocenters. The summed E-state index contributed by atoms with van der Waals surface area (Å²) < 4.78 is 16.1. The number of halogens is 1. The Labute approximate surface area is 121 Å². The van der Waals surface area contributed by atoms with Crippen LogP contribution < -0.4 is 0 Å². The Balaban J connectivity index is 3.68. The van der Waals surface area contributed by atoms with Crippen LogP contribution >= 0.6 is 28.6 Å². The maximum Gasteiger partial charge on any atom is 0.500 e. The second kappa shape index (κ2) is 10.8. The summed E-state index contributed by atoms with van der Waals surface area (Å²) in [6.45, 7) is 0. The minimum Gasteiger partial charge on any atom is -0.377 e. The Kier molecular flexibility index (Phi) is 11.4. The van der Waals surface area contributed by atoms with E-state index in [1.54, 1.807) is 21.3 Å². The summed E-state index contributed by atoms with van der Waals surface area (Å²) in [5, 5.41) is 1.58. The SMILES string of the molecule is CO[Si](CCCCC(S)CCCBr)(OC)OC. The van der Waals surface area contributed by atoms with E-state index in [4.69, 9.17) is 13.3 Å². The first-order valence-electron chi connectivity index (χ1n) is 6.03. The van der Waals surface area contributed by atoms with Crippen LogP contribution in [-0.4, -0.2) is 40.7 Å². The highest BCUT2D eigenvalue weighted by atomic mass is 79.9. The van der Waals surface area contributed by atoms with Crippen molar-refractivity contribution in [2.45, 2.75) is 43.4 Å². The van der Waals surface area contributed by atoms with Crippen molar-refractivity contribution < 1.29 is 13.3 Å². The molecule has 0 N–H and O–H groups in total. The summed E-state index contributed by atoms with van der Waals surface area (Å²) in [4.78, 5) is 0. The van der Waals surface area contributed by atoms with Gasteiger partial charge in [0.05, 0.1) is 0 Å². The molecular weight excluding hydrogens is 320 g/mol.